The minimum atomic E-state index is -0.328. The number of aliphatic hydroxyl groups excluding tert-OH is 1. The van der Waals surface area contributed by atoms with Gasteiger partial charge in [0.15, 0.2) is 0 Å². The van der Waals surface area contributed by atoms with Crippen LogP contribution in [-0.2, 0) is 0 Å². The molecule has 0 bridgehead atoms. The van der Waals surface area contributed by atoms with Crippen molar-refractivity contribution in [3.8, 4) is 0 Å². The Bertz CT molecular complexity index is 382. The maximum Gasteiger partial charge on any atom is 0.0667 e. The highest BCUT2D eigenvalue weighted by Gasteiger charge is 2.13. The number of aliphatic hydroxyl groups is 1. The van der Waals surface area contributed by atoms with Crippen molar-refractivity contribution in [2.75, 3.05) is 6.54 Å². The van der Waals surface area contributed by atoms with Gasteiger partial charge in [-0.1, -0.05) is 49.2 Å². The van der Waals surface area contributed by atoms with Gasteiger partial charge in [-0.15, -0.1) is 0 Å². The minimum Gasteiger partial charge on any atom is -0.392 e. The predicted molar refractivity (Wildman–Crippen MR) is 78.3 cm³/mol. The normalized spacial score (nSPS) is 14.8. The van der Waals surface area contributed by atoms with E-state index in [0.29, 0.717) is 22.5 Å². The fourth-order valence-corrected chi connectivity index (χ4v) is 2.38. The summed E-state index contributed by atoms with van der Waals surface area (Å²) in [5.74, 6) is 0.492. The van der Waals surface area contributed by atoms with Gasteiger partial charge in [0.25, 0.3) is 0 Å². The van der Waals surface area contributed by atoms with Crippen LogP contribution in [-0.4, -0.2) is 17.8 Å². The summed E-state index contributed by atoms with van der Waals surface area (Å²) in [7, 11) is 0. The van der Waals surface area contributed by atoms with Gasteiger partial charge in [-0.05, 0) is 30.9 Å². The lowest BCUT2D eigenvalue weighted by Gasteiger charge is -2.19. The van der Waals surface area contributed by atoms with Crippen LogP contribution >= 0.6 is 23.2 Å². The summed E-state index contributed by atoms with van der Waals surface area (Å²) in [4.78, 5) is 0. The number of benzene rings is 1. The van der Waals surface area contributed by atoms with E-state index in [0.717, 1.165) is 12.0 Å². The SMILES string of the molecule is CC(C)CC(O)CNC(C)c1cccc(Cl)c1Cl. The average Bonchev–Trinajstić information content (AvgIpc) is 2.29. The third-order valence-corrected chi connectivity index (χ3v) is 3.68. The molecule has 1 aromatic rings. The predicted octanol–water partition coefficient (Wildman–Crippen LogP) is 4.05. The third-order valence-electron chi connectivity index (χ3n) is 2.85. The zero-order chi connectivity index (χ0) is 13.7. The van der Waals surface area contributed by atoms with E-state index in [2.05, 4.69) is 19.2 Å². The number of nitrogens with one attached hydrogen (secondary N) is 1. The van der Waals surface area contributed by atoms with Gasteiger partial charge in [-0.3, -0.25) is 0 Å². The molecule has 0 radical (unpaired) electrons. The maximum absolute atomic E-state index is 9.82. The molecule has 18 heavy (non-hydrogen) atoms. The standard InChI is InChI=1S/C14H21Cl2NO/c1-9(2)7-11(18)8-17-10(3)12-5-4-6-13(15)14(12)16/h4-6,9-11,17-18H,7-8H2,1-3H3. The Morgan fingerprint density at radius 2 is 1.89 bits per heavy atom. The molecule has 0 aliphatic carbocycles. The smallest absolute Gasteiger partial charge is 0.0667 e. The molecule has 0 amide bonds. The first kappa shape index (κ1) is 15.8. The highest BCUT2D eigenvalue weighted by atomic mass is 35.5. The molecule has 0 heterocycles. The Morgan fingerprint density at radius 1 is 1.22 bits per heavy atom. The summed E-state index contributed by atoms with van der Waals surface area (Å²) in [6.45, 7) is 6.77. The molecule has 2 nitrogen and oxygen atoms in total. The molecular formula is C14H21Cl2NO. The molecule has 1 rings (SSSR count). The molecule has 0 saturated carbocycles. The van der Waals surface area contributed by atoms with E-state index in [1.807, 2.05) is 19.1 Å². The monoisotopic (exact) mass is 289 g/mol. The van der Waals surface area contributed by atoms with Crippen molar-refractivity contribution in [1.29, 1.82) is 0 Å². The molecule has 1 aromatic carbocycles. The second-order valence-corrected chi connectivity index (χ2v) is 5.84. The van der Waals surface area contributed by atoms with E-state index in [1.165, 1.54) is 0 Å². The van der Waals surface area contributed by atoms with E-state index in [4.69, 9.17) is 23.2 Å². The first-order valence-electron chi connectivity index (χ1n) is 6.27. The van der Waals surface area contributed by atoms with E-state index < -0.39 is 0 Å². The summed E-state index contributed by atoms with van der Waals surface area (Å²) < 4.78 is 0. The van der Waals surface area contributed by atoms with Crippen LogP contribution in [0.2, 0.25) is 10.0 Å². The summed E-state index contributed by atoms with van der Waals surface area (Å²) >= 11 is 12.1. The molecule has 2 unspecified atom stereocenters. The second kappa shape index (κ2) is 7.34. The van der Waals surface area contributed by atoms with E-state index in [-0.39, 0.29) is 12.1 Å². The molecule has 2 atom stereocenters. The fraction of sp³-hybridized carbons (Fsp3) is 0.571. The molecule has 0 saturated heterocycles. The van der Waals surface area contributed by atoms with Gasteiger partial charge in [0.2, 0.25) is 0 Å². The van der Waals surface area contributed by atoms with E-state index in [1.54, 1.807) is 6.07 Å². The third kappa shape index (κ3) is 4.77. The fourth-order valence-electron chi connectivity index (χ4n) is 1.91. The number of halogens is 2. The first-order valence-corrected chi connectivity index (χ1v) is 7.02. The second-order valence-electron chi connectivity index (χ2n) is 5.06. The van der Waals surface area contributed by atoms with Crippen molar-refractivity contribution in [2.24, 2.45) is 5.92 Å². The first-order chi connectivity index (χ1) is 8.41. The van der Waals surface area contributed by atoms with Crippen molar-refractivity contribution in [3.05, 3.63) is 33.8 Å². The topological polar surface area (TPSA) is 32.3 Å². The van der Waals surface area contributed by atoms with Crippen LogP contribution in [0, 0.1) is 5.92 Å². The van der Waals surface area contributed by atoms with Gasteiger partial charge in [0.1, 0.15) is 0 Å². The van der Waals surface area contributed by atoms with Crippen molar-refractivity contribution in [1.82, 2.24) is 5.32 Å². The largest absolute Gasteiger partial charge is 0.392 e. The van der Waals surface area contributed by atoms with Gasteiger partial charge in [0.05, 0.1) is 16.1 Å². The summed E-state index contributed by atoms with van der Waals surface area (Å²) in [5, 5.41) is 14.2. The Balaban J connectivity index is 2.55. The van der Waals surface area contributed by atoms with Crippen LogP contribution < -0.4 is 5.32 Å². The van der Waals surface area contributed by atoms with Crippen molar-refractivity contribution in [2.45, 2.75) is 39.3 Å². The summed E-state index contributed by atoms with van der Waals surface area (Å²) in [6, 6.07) is 5.67. The van der Waals surface area contributed by atoms with Crippen LogP contribution in [0.3, 0.4) is 0 Å². The average molecular weight is 290 g/mol. The molecule has 0 aliphatic rings. The van der Waals surface area contributed by atoms with Crippen LogP contribution in [0.4, 0.5) is 0 Å². The molecule has 0 spiro atoms. The van der Waals surface area contributed by atoms with Gasteiger partial charge in [-0.25, -0.2) is 0 Å². The molecule has 102 valence electrons. The van der Waals surface area contributed by atoms with Gasteiger partial charge in [0, 0.05) is 12.6 Å². The van der Waals surface area contributed by atoms with E-state index >= 15 is 0 Å². The zero-order valence-corrected chi connectivity index (χ0v) is 12.6. The lowest BCUT2D eigenvalue weighted by Crippen LogP contribution is -2.30. The molecule has 0 aliphatic heterocycles. The Hall–Kier alpha value is -0.280. The lowest BCUT2D eigenvalue weighted by atomic mass is 10.0. The highest BCUT2D eigenvalue weighted by Crippen LogP contribution is 2.29. The number of rotatable bonds is 6. The molecule has 4 heteroatoms. The van der Waals surface area contributed by atoms with Crippen LogP contribution in [0.15, 0.2) is 18.2 Å². The summed E-state index contributed by atoms with van der Waals surface area (Å²) in [5.41, 5.74) is 0.959. The zero-order valence-electron chi connectivity index (χ0n) is 11.1. The lowest BCUT2D eigenvalue weighted by molar-refractivity contribution is 0.143. The minimum absolute atomic E-state index is 0.0676. The molecule has 0 fully saturated rings. The summed E-state index contributed by atoms with van der Waals surface area (Å²) in [6.07, 6.45) is 0.466. The molecule has 2 N–H and O–H groups in total. The van der Waals surface area contributed by atoms with Crippen LogP contribution in [0.5, 0.6) is 0 Å². The van der Waals surface area contributed by atoms with E-state index in [9.17, 15) is 5.11 Å². The van der Waals surface area contributed by atoms with Gasteiger partial charge in [-0.2, -0.15) is 0 Å². The van der Waals surface area contributed by atoms with Crippen molar-refractivity contribution in [3.63, 3.8) is 0 Å². The number of hydrogen-bond donors (Lipinski definition) is 2. The van der Waals surface area contributed by atoms with Crippen LogP contribution in [0.1, 0.15) is 38.8 Å². The van der Waals surface area contributed by atoms with Crippen molar-refractivity contribution >= 4 is 23.2 Å². The number of hydrogen-bond acceptors (Lipinski definition) is 2. The molecule has 0 aromatic heterocycles. The Kier molecular flexibility index (Phi) is 6.44. The molecular weight excluding hydrogens is 269 g/mol. The van der Waals surface area contributed by atoms with Gasteiger partial charge < -0.3 is 10.4 Å². The Labute approximate surface area is 119 Å². The van der Waals surface area contributed by atoms with Crippen LogP contribution in [0.25, 0.3) is 0 Å². The van der Waals surface area contributed by atoms with Crippen molar-refractivity contribution < 1.29 is 5.11 Å². The Morgan fingerprint density at radius 3 is 2.50 bits per heavy atom. The van der Waals surface area contributed by atoms with Gasteiger partial charge >= 0.3 is 0 Å². The highest BCUT2D eigenvalue weighted by molar-refractivity contribution is 6.42. The quantitative estimate of drug-likeness (QED) is 0.828. The maximum atomic E-state index is 9.82.